The molecule has 1 heterocycles. The Hall–Kier alpha value is -0.870. The molecule has 58 valence electrons. The first-order chi connectivity index (χ1) is 4.50. The van der Waals surface area contributed by atoms with Crippen LogP contribution in [0.3, 0.4) is 0 Å². The summed E-state index contributed by atoms with van der Waals surface area (Å²) < 4.78 is 35.3. The van der Waals surface area contributed by atoms with E-state index in [4.69, 9.17) is 0 Å². The van der Waals surface area contributed by atoms with Crippen molar-refractivity contribution in [2.75, 3.05) is 13.7 Å². The molecule has 0 aromatic carbocycles. The van der Waals surface area contributed by atoms with Gasteiger partial charge in [-0.1, -0.05) is 0 Å². The first kappa shape index (κ1) is 7.24. The van der Waals surface area contributed by atoms with Gasteiger partial charge in [0.15, 0.2) is 0 Å². The van der Waals surface area contributed by atoms with E-state index in [1.54, 1.807) is 7.05 Å². The molecule has 0 spiro atoms. The van der Waals surface area contributed by atoms with Crippen molar-refractivity contribution in [1.29, 1.82) is 0 Å². The Bertz CT molecular complexity index is 151. The molecule has 0 saturated carbocycles. The van der Waals surface area contributed by atoms with Gasteiger partial charge in [-0.15, -0.1) is 0 Å². The second-order valence-electron chi connectivity index (χ2n) is 2.13. The van der Waals surface area contributed by atoms with Crippen molar-refractivity contribution in [1.82, 2.24) is 9.80 Å². The molecule has 0 amide bonds. The summed E-state index contributed by atoms with van der Waals surface area (Å²) in [5, 5.41) is 0. The molecule has 2 nitrogen and oxygen atoms in total. The van der Waals surface area contributed by atoms with E-state index in [1.165, 1.54) is 11.1 Å². The van der Waals surface area contributed by atoms with Crippen LogP contribution in [0.1, 0.15) is 0 Å². The molecule has 0 aromatic rings. The lowest BCUT2D eigenvalue weighted by atomic mass is 10.8. The summed E-state index contributed by atoms with van der Waals surface area (Å²) in [5.74, 6) is 0. The van der Waals surface area contributed by atoms with E-state index in [1.807, 2.05) is 0 Å². The largest absolute Gasteiger partial charge is 0.485 e. The highest BCUT2D eigenvalue weighted by Gasteiger charge is 2.36. The van der Waals surface area contributed by atoms with Gasteiger partial charge >= 0.3 is 6.30 Å². The molecule has 0 N–H and O–H groups in total. The van der Waals surface area contributed by atoms with Crippen molar-refractivity contribution >= 4 is 0 Å². The molecule has 1 aliphatic heterocycles. The maximum absolute atomic E-state index is 11.8. The standard InChI is InChI=1S/C5H7F3N2/c1-9-2-3-10(4-9)5(6,7)8/h2-3H,4H2,1H3. The molecular formula is C5H7F3N2. The van der Waals surface area contributed by atoms with Gasteiger partial charge in [-0.2, -0.15) is 13.2 Å². The molecular weight excluding hydrogens is 145 g/mol. The van der Waals surface area contributed by atoms with Gasteiger partial charge < -0.3 is 4.90 Å². The van der Waals surface area contributed by atoms with Crippen molar-refractivity contribution in [2.45, 2.75) is 6.30 Å². The minimum atomic E-state index is -4.23. The van der Waals surface area contributed by atoms with E-state index in [2.05, 4.69) is 0 Å². The van der Waals surface area contributed by atoms with Crippen LogP contribution in [0.2, 0.25) is 0 Å². The third-order valence-corrected chi connectivity index (χ3v) is 1.20. The summed E-state index contributed by atoms with van der Waals surface area (Å²) in [6.45, 7) is -0.108. The van der Waals surface area contributed by atoms with Crippen LogP contribution in [-0.2, 0) is 0 Å². The fraction of sp³-hybridized carbons (Fsp3) is 0.600. The second-order valence-corrected chi connectivity index (χ2v) is 2.13. The predicted molar refractivity (Wildman–Crippen MR) is 29.7 cm³/mol. The van der Waals surface area contributed by atoms with Crippen LogP contribution in [0.5, 0.6) is 0 Å². The van der Waals surface area contributed by atoms with E-state index >= 15 is 0 Å². The van der Waals surface area contributed by atoms with E-state index in [9.17, 15) is 13.2 Å². The topological polar surface area (TPSA) is 6.48 Å². The summed E-state index contributed by atoms with van der Waals surface area (Å²) in [5.41, 5.74) is 0. The van der Waals surface area contributed by atoms with Crippen LogP contribution in [0.15, 0.2) is 12.4 Å². The molecule has 0 aromatic heterocycles. The fourth-order valence-electron chi connectivity index (χ4n) is 0.694. The Morgan fingerprint density at radius 3 is 2.10 bits per heavy atom. The summed E-state index contributed by atoms with van der Waals surface area (Å²) >= 11 is 0. The van der Waals surface area contributed by atoms with Gasteiger partial charge in [0.05, 0.1) is 6.67 Å². The van der Waals surface area contributed by atoms with Gasteiger partial charge in [-0.05, 0) is 0 Å². The minimum Gasteiger partial charge on any atom is -0.361 e. The molecule has 0 unspecified atom stereocenters. The van der Waals surface area contributed by atoms with Crippen molar-refractivity contribution in [3.05, 3.63) is 12.4 Å². The third-order valence-electron chi connectivity index (χ3n) is 1.20. The number of halogens is 3. The van der Waals surface area contributed by atoms with Crippen molar-refractivity contribution in [3.8, 4) is 0 Å². The lowest BCUT2D eigenvalue weighted by Gasteiger charge is -2.20. The number of alkyl halides is 3. The summed E-state index contributed by atoms with van der Waals surface area (Å²) in [7, 11) is 1.59. The summed E-state index contributed by atoms with van der Waals surface area (Å²) in [4.78, 5) is 1.76. The maximum Gasteiger partial charge on any atom is 0.485 e. The van der Waals surface area contributed by atoms with Crippen molar-refractivity contribution in [2.24, 2.45) is 0 Å². The molecule has 0 radical (unpaired) electrons. The van der Waals surface area contributed by atoms with Gasteiger partial charge in [-0.3, -0.25) is 4.90 Å². The van der Waals surface area contributed by atoms with Gasteiger partial charge in [0, 0.05) is 19.4 Å². The van der Waals surface area contributed by atoms with Crippen LogP contribution in [0.25, 0.3) is 0 Å². The van der Waals surface area contributed by atoms with E-state index in [0.717, 1.165) is 6.20 Å². The molecule has 0 atom stereocenters. The lowest BCUT2D eigenvalue weighted by molar-refractivity contribution is -0.229. The zero-order chi connectivity index (χ0) is 7.78. The van der Waals surface area contributed by atoms with Gasteiger partial charge in [0.1, 0.15) is 0 Å². The molecule has 0 bridgehead atoms. The normalized spacial score (nSPS) is 18.8. The zero-order valence-corrected chi connectivity index (χ0v) is 5.39. The number of rotatable bonds is 0. The third kappa shape index (κ3) is 1.34. The Labute approximate surface area is 56.5 Å². The number of hydrogen-bond donors (Lipinski definition) is 0. The quantitative estimate of drug-likeness (QED) is 0.481. The highest BCUT2D eigenvalue weighted by molar-refractivity contribution is 4.89. The van der Waals surface area contributed by atoms with Crippen LogP contribution >= 0.6 is 0 Å². The monoisotopic (exact) mass is 152 g/mol. The van der Waals surface area contributed by atoms with Gasteiger partial charge in [0.2, 0.25) is 0 Å². The summed E-state index contributed by atoms with van der Waals surface area (Å²) in [6.07, 6.45) is -1.84. The first-order valence-electron chi connectivity index (χ1n) is 2.72. The van der Waals surface area contributed by atoms with E-state index in [0.29, 0.717) is 4.90 Å². The predicted octanol–water partition coefficient (Wildman–Crippen LogP) is 1.18. The van der Waals surface area contributed by atoms with Crippen LogP contribution in [0.4, 0.5) is 13.2 Å². The molecule has 0 saturated heterocycles. The maximum atomic E-state index is 11.8. The second kappa shape index (κ2) is 2.07. The van der Waals surface area contributed by atoms with E-state index < -0.39 is 6.30 Å². The van der Waals surface area contributed by atoms with Crippen LogP contribution < -0.4 is 0 Å². The molecule has 0 fully saturated rings. The first-order valence-corrected chi connectivity index (χ1v) is 2.72. The molecule has 0 aliphatic carbocycles. The molecule has 10 heavy (non-hydrogen) atoms. The van der Waals surface area contributed by atoms with Crippen molar-refractivity contribution < 1.29 is 13.2 Å². The molecule has 5 heteroatoms. The van der Waals surface area contributed by atoms with Crippen LogP contribution in [-0.4, -0.2) is 29.8 Å². The average Bonchev–Trinajstić information content (AvgIpc) is 2.11. The Morgan fingerprint density at radius 2 is 1.90 bits per heavy atom. The number of hydrogen-bond acceptors (Lipinski definition) is 2. The molecule has 1 aliphatic rings. The van der Waals surface area contributed by atoms with Gasteiger partial charge in [0.25, 0.3) is 0 Å². The highest BCUT2D eigenvalue weighted by Crippen LogP contribution is 2.23. The smallest absolute Gasteiger partial charge is 0.361 e. The highest BCUT2D eigenvalue weighted by atomic mass is 19.4. The Morgan fingerprint density at radius 1 is 1.30 bits per heavy atom. The summed E-state index contributed by atoms with van der Waals surface area (Å²) in [6, 6.07) is 0. The fourth-order valence-corrected chi connectivity index (χ4v) is 0.694. The van der Waals surface area contributed by atoms with Crippen LogP contribution in [0, 0.1) is 0 Å². The average molecular weight is 152 g/mol. The van der Waals surface area contributed by atoms with Crippen molar-refractivity contribution in [3.63, 3.8) is 0 Å². The Kier molecular flexibility index (Phi) is 1.50. The Balaban J connectivity index is 2.55. The van der Waals surface area contributed by atoms with Gasteiger partial charge in [-0.25, -0.2) is 0 Å². The number of nitrogens with zero attached hydrogens (tertiary/aromatic N) is 2. The SMILES string of the molecule is CN1C=CN(C(F)(F)F)C1. The minimum absolute atomic E-state index is 0.108. The lowest BCUT2D eigenvalue weighted by Crippen LogP contribution is -2.34. The van der Waals surface area contributed by atoms with E-state index in [-0.39, 0.29) is 6.67 Å². The molecule has 1 rings (SSSR count). The zero-order valence-electron chi connectivity index (χ0n) is 5.39.